The molecule has 0 fully saturated rings. The number of benzene rings is 1. The molecule has 1 aromatic carbocycles. The van der Waals surface area contributed by atoms with Gasteiger partial charge in [-0.05, 0) is 38.3 Å². The quantitative estimate of drug-likeness (QED) is 0.613. The third-order valence-electron chi connectivity index (χ3n) is 3.40. The van der Waals surface area contributed by atoms with Crippen molar-refractivity contribution in [1.29, 1.82) is 0 Å². The molecule has 1 aromatic rings. The van der Waals surface area contributed by atoms with Crippen LogP contribution in [-0.2, 0) is 6.54 Å². The van der Waals surface area contributed by atoms with Crippen LogP contribution in [-0.4, -0.2) is 19.8 Å². The van der Waals surface area contributed by atoms with Gasteiger partial charge in [0, 0.05) is 12.1 Å². The number of ether oxygens (including phenoxy) is 2. The summed E-state index contributed by atoms with van der Waals surface area (Å²) in [7, 11) is 0. The van der Waals surface area contributed by atoms with Gasteiger partial charge in [-0.3, -0.25) is 0 Å². The summed E-state index contributed by atoms with van der Waals surface area (Å²) >= 11 is 0. The molecule has 120 valence electrons. The third kappa shape index (κ3) is 6.38. The first-order valence-corrected chi connectivity index (χ1v) is 8.31. The molecule has 1 N–H and O–H groups in total. The van der Waals surface area contributed by atoms with Crippen molar-refractivity contribution in [3.63, 3.8) is 0 Å². The molecule has 1 rings (SSSR count). The van der Waals surface area contributed by atoms with E-state index in [-0.39, 0.29) is 0 Å². The van der Waals surface area contributed by atoms with Gasteiger partial charge in [-0.2, -0.15) is 0 Å². The van der Waals surface area contributed by atoms with E-state index in [1.165, 1.54) is 18.4 Å². The van der Waals surface area contributed by atoms with Gasteiger partial charge in [-0.15, -0.1) is 0 Å². The Labute approximate surface area is 130 Å². The molecule has 1 atom stereocenters. The Morgan fingerprint density at radius 1 is 1.10 bits per heavy atom. The van der Waals surface area contributed by atoms with Crippen LogP contribution in [0.4, 0.5) is 0 Å². The highest BCUT2D eigenvalue weighted by atomic mass is 16.5. The molecule has 0 spiro atoms. The number of hydrogen-bond donors (Lipinski definition) is 1. The topological polar surface area (TPSA) is 30.5 Å². The Kier molecular flexibility index (Phi) is 8.91. The monoisotopic (exact) mass is 293 g/mol. The van der Waals surface area contributed by atoms with Crippen molar-refractivity contribution in [3.8, 4) is 11.5 Å². The molecule has 0 amide bonds. The summed E-state index contributed by atoms with van der Waals surface area (Å²) in [6.07, 6.45) is 3.53. The highest BCUT2D eigenvalue weighted by molar-refractivity contribution is 5.46. The first-order chi connectivity index (χ1) is 10.2. The zero-order valence-electron chi connectivity index (χ0n) is 14.1. The fourth-order valence-electron chi connectivity index (χ4n) is 2.34. The van der Waals surface area contributed by atoms with E-state index in [0.717, 1.165) is 37.6 Å². The molecule has 1 unspecified atom stereocenters. The second kappa shape index (κ2) is 10.5. The SMILES string of the molecule is CCCNCc1cccc(OCC)c1OCC(C)CCC. The minimum Gasteiger partial charge on any atom is -0.490 e. The molecular formula is C18H31NO2. The van der Waals surface area contributed by atoms with E-state index in [0.29, 0.717) is 12.5 Å². The maximum atomic E-state index is 6.10. The van der Waals surface area contributed by atoms with E-state index in [4.69, 9.17) is 9.47 Å². The first-order valence-electron chi connectivity index (χ1n) is 8.31. The van der Waals surface area contributed by atoms with Gasteiger partial charge in [0.1, 0.15) is 0 Å². The standard InChI is InChI=1S/C18H31NO2/c1-5-9-15(4)14-21-18-16(13-19-12-6-2)10-8-11-17(18)20-7-3/h8,10-11,15,19H,5-7,9,12-14H2,1-4H3. The van der Waals surface area contributed by atoms with Gasteiger partial charge in [-0.1, -0.05) is 39.3 Å². The molecule has 0 aromatic heterocycles. The molecule has 0 bridgehead atoms. The smallest absolute Gasteiger partial charge is 0.165 e. The van der Waals surface area contributed by atoms with Crippen molar-refractivity contribution in [2.24, 2.45) is 5.92 Å². The van der Waals surface area contributed by atoms with E-state index in [9.17, 15) is 0 Å². The van der Waals surface area contributed by atoms with Crippen molar-refractivity contribution in [2.45, 2.75) is 53.5 Å². The van der Waals surface area contributed by atoms with Gasteiger partial charge in [0.05, 0.1) is 13.2 Å². The summed E-state index contributed by atoms with van der Waals surface area (Å²) in [5.74, 6) is 2.34. The van der Waals surface area contributed by atoms with Gasteiger partial charge >= 0.3 is 0 Å². The van der Waals surface area contributed by atoms with E-state index in [2.05, 4.69) is 32.2 Å². The van der Waals surface area contributed by atoms with Crippen molar-refractivity contribution < 1.29 is 9.47 Å². The summed E-state index contributed by atoms with van der Waals surface area (Å²) in [4.78, 5) is 0. The average molecular weight is 293 g/mol. The zero-order valence-corrected chi connectivity index (χ0v) is 14.1. The fourth-order valence-corrected chi connectivity index (χ4v) is 2.34. The van der Waals surface area contributed by atoms with Crippen molar-refractivity contribution >= 4 is 0 Å². The van der Waals surface area contributed by atoms with Crippen LogP contribution in [0, 0.1) is 5.92 Å². The van der Waals surface area contributed by atoms with Gasteiger partial charge in [0.2, 0.25) is 0 Å². The van der Waals surface area contributed by atoms with Gasteiger partial charge in [0.15, 0.2) is 11.5 Å². The summed E-state index contributed by atoms with van der Waals surface area (Å²) in [5, 5.41) is 3.44. The lowest BCUT2D eigenvalue weighted by Gasteiger charge is -2.18. The van der Waals surface area contributed by atoms with Crippen molar-refractivity contribution in [3.05, 3.63) is 23.8 Å². The predicted molar refractivity (Wildman–Crippen MR) is 89.2 cm³/mol. The van der Waals surface area contributed by atoms with Crippen LogP contribution < -0.4 is 14.8 Å². The number of hydrogen-bond acceptors (Lipinski definition) is 3. The molecule has 0 aliphatic rings. The minimum absolute atomic E-state index is 0.570. The van der Waals surface area contributed by atoms with Crippen LogP contribution in [0.1, 0.15) is 52.5 Å². The molecule has 3 heteroatoms. The molecular weight excluding hydrogens is 262 g/mol. The lowest BCUT2D eigenvalue weighted by atomic mass is 10.1. The van der Waals surface area contributed by atoms with Gasteiger partial charge in [0.25, 0.3) is 0 Å². The first kappa shape index (κ1) is 17.8. The van der Waals surface area contributed by atoms with Gasteiger partial charge < -0.3 is 14.8 Å². The Bertz CT molecular complexity index is 393. The van der Waals surface area contributed by atoms with E-state index in [1.807, 2.05) is 19.1 Å². The van der Waals surface area contributed by atoms with E-state index >= 15 is 0 Å². The lowest BCUT2D eigenvalue weighted by Crippen LogP contribution is -2.16. The zero-order chi connectivity index (χ0) is 15.5. The van der Waals surface area contributed by atoms with Crippen LogP contribution >= 0.6 is 0 Å². The van der Waals surface area contributed by atoms with Gasteiger partial charge in [-0.25, -0.2) is 0 Å². The molecule has 0 saturated heterocycles. The van der Waals surface area contributed by atoms with Crippen molar-refractivity contribution in [1.82, 2.24) is 5.32 Å². The number of para-hydroxylation sites is 1. The Morgan fingerprint density at radius 2 is 1.90 bits per heavy atom. The number of nitrogens with one attached hydrogen (secondary N) is 1. The molecule has 0 aliphatic carbocycles. The molecule has 0 aliphatic heterocycles. The second-order valence-corrected chi connectivity index (χ2v) is 5.56. The maximum Gasteiger partial charge on any atom is 0.165 e. The predicted octanol–water partition coefficient (Wildman–Crippen LogP) is 4.40. The molecule has 0 radical (unpaired) electrons. The van der Waals surface area contributed by atoms with Crippen LogP contribution in [0.3, 0.4) is 0 Å². The molecule has 0 heterocycles. The molecule has 0 saturated carbocycles. The summed E-state index contributed by atoms with van der Waals surface area (Å²) in [5.41, 5.74) is 1.18. The van der Waals surface area contributed by atoms with Crippen LogP contribution in [0.2, 0.25) is 0 Å². The highest BCUT2D eigenvalue weighted by Gasteiger charge is 2.12. The normalized spacial score (nSPS) is 12.2. The van der Waals surface area contributed by atoms with Crippen LogP contribution in [0.15, 0.2) is 18.2 Å². The summed E-state index contributed by atoms with van der Waals surface area (Å²) < 4.78 is 11.8. The van der Waals surface area contributed by atoms with Crippen molar-refractivity contribution in [2.75, 3.05) is 19.8 Å². The Balaban J connectivity index is 2.78. The number of rotatable bonds is 11. The van der Waals surface area contributed by atoms with E-state index < -0.39 is 0 Å². The van der Waals surface area contributed by atoms with E-state index in [1.54, 1.807) is 0 Å². The maximum absolute atomic E-state index is 6.10. The summed E-state index contributed by atoms with van der Waals surface area (Å²) in [6.45, 7) is 11.9. The fraction of sp³-hybridized carbons (Fsp3) is 0.667. The second-order valence-electron chi connectivity index (χ2n) is 5.56. The Hall–Kier alpha value is -1.22. The Morgan fingerprint density at radius 3 is 2.57 bits per heavy atom. The third-order valence-corrected chi connectivity index (χ3v) is 3.40. The van der Waals surface area contributed by atoms with Crippen LogP contribution in [0.5, 0.6) is 11.5 Å². The average Bonchev–Trinajstić information content (AvgIpc) is 2.47. The van der Waals surface area contributed by atoms with Crippen LogP contribution in [0.25, 0.3) is 0 Å². The largest absolute Gasteiger partial charge is 0.490 e. The molecule has 3 nitrogen and oxygen atoms in total. The lowest BCUT2D eigenvalue weighted by molar-refractivity contribution is 0.231. The minimum atomic E-state index is 0.570. The highest BCUT2D eigenvalue weighted by Crippen LogP contribution is 2.32. The summed E-state index contributed by atoms with van der Waals surface area (Å²) in [6, 6.07) is 6.15. The molecule has 21 heavy (non-hydrogen) atoms.